The average Bonchev–Trinajstić information content (AvgIpc) is 3.48. The normalized spacial score (nSPS) is 12.4. The highest BCUT2D eigenvalue weighted by Crippen LogP contribution is 2.22. The van der Waals surface area contributed by atoms with Gasteiger partial charge in [0.2, 0.25) is 0 Å². The predicted octanol–water partition coefficient (Wildman–Crippen LogP) is 4.52. The number of amides is 1. The minimum absolute atomic E-state index is 0.0524. The summed E-state index contributed by atoms with van der Waals surface area (Å²) < 4.78 is 30.6. The van der Waals surface area contributed by atoms with Gasteiger partial charge in [0.15, 0.2) is 15.6 Å². The van der Waals surface area contributed by atoms with Crippen molar-refractivity contribution in [1.29, 1.82) is 0 Å². The number of sulfone groups is 1. The number of carbonyl (C=O) groups excluding carboxylic acids is 1. The van der Waals surface area contributed by atoms with Crippen molar-refractivity contribution in [3.8, 4) is 11.3 Å². The third kappa shape index (κ3) is 4.81. The molecule has 2 aromatic heterocycles. The van der Waals surface area contributed by atoms with E-state index in [0.29, 0.717) is 12.2 Å². The zero-order valence-corrected chi connectivity index (χ0v) is 18.3. The Morgan fingerprint density at radius 2 is 1.72 bits per heavy atom. The minimum atomic E-state index is -3.56. The standard InChI is InChI=1S/C24H23N3O4S/c1-2-20(23-25-15-21(26-23)17-9-5-3-6-10-17)27-24(28)22-14-13-18(31-22)16-32(29,30)19-11-7-4-8-12-19/h3-15,20H,2,16H2,1H3,(H,25,26)(H,27,28). The van der Waals surface area contributed by atoms with Crippen LogP contribution in [0.4, 0.5) is 0 Å². The molecule has 2 heterocycles. The number of aromatic amines is 1. The number of aromatic nitrogens is 2. The molecule has 8 heteroatoms. The van der Waals surface area contributed by atoms with Crippen molar-refractivity contribution in [3.05, 3.63) is 96.3 Å². The lowest BCUT2D eigenvalue weighted by Crippen LogP contribution is -2.28. The van der Waals surface area contributed by atoms with Crippen LogP contribution in [0.2, 0.25) is 0 Å². The summed E-state index contributed by atoms with van der Waals surface area (Å²) in [5.41, 5.74) is 1.86. The van der Waals surface area contributed by atoms with Crippen molar-refractivity contribution in [2.24, 2.45) is 0 Å². The van der Waals surface area contributed by atoms with Gasteiger partial charge in [0.1, 0.15) is 17.3 Å². The lowest BCUT2D eigenvalue weighted by Gasteiger charge is -2.13. The summed E-state index contributed by atoms with van der Waals surface area (Å²) in [6.45, 7) is 1.94. The van der Waals surface area contributed by atoms with Gasteiger partial charge in [-0.3, -0.25) is 4.79 Å². The molecule has 4 rings (SSSR count). The van der Waals surface area contributed by atoms with E-state index in [1.807, 2.05) is 37.3 Å². The van der Waals surface area contributed by atoms with E-state index < -0.39 is 15.7 Å². The fourth-order valence-electron chi connectivity index (χ4n) is 3.35. The van der Waals surface area contributed by atoms with Crippen LogP contribution in [0, 0.1) is 0 Å². The van der Waals surface area contributed by atoms with E-state index >= 15 is 0 Å². The molecule has 0 spiro atoms. The molecule has 0 aliphatic rings. The quantitative estimate of drug-likeness (QED) is 0.411. The monoisotopic (exact) mass is 449 g/mol. The third-order valence-corrected chi connectivity index (χ3v) is 6.70. The van der Waals surface area contributed by atoms with Crippen LogP contribution in [0.25, 0.3) is 11.3 Å². The first-order chi connectivity index (χ1) is 15.5. The lowest BCUT2D eigenvalue weighted by atomic mass is 10.2. The molecule has 32 heavy (non-hydrogen) atoms. The van der Waals surface area contributed by atoms with E-state index in [4.69, 9.17) is 4.42 Å². The smallest absolute Gasteiger partial charge is 0.287 e. The van der Waals surface area contributed by atoms with E-state index in [-0.39, 0.29) is 28.2 Å². The molecule has 0 aliphatic heterocycles. The topological polar surface area (TPSA) is 105 Å². The third-order valence-electron chi connectivity index (χ3n) is 5.04. The van der Waals surface area contributed by atoms with Crippen molar-refractivity contribution in [2.45, 2.75) is 30.0 Å². The van der Waals surface area contributed by atoms with Crippen LogP contribution in [0.3, 0.4) is 0 Å². The van der Waals surface area contributed by atoms with Gasteiger partial charge in [-0.15, -0.1) is 0 Å². The molecule has 164 valence electrons. The SMILES string of the molecule is CCC(NC(=O)c1ccc(CS(=O)(=O)c2ccccc2)o1)c1ncc(-c2ccccc2)[nH]1. The first kappa shape index (κ1) is 21.6. The van der Waals surface area contributed by atoms with Gasteiger partial charge in [-0.1, -0.05) is 55.5 Å². The number of nitrogens with one attached hydrogen (secondary N) is 2. The Morgan fingerprint density at radius 3 is 2.41 bits per heavy atom. The van der Waals surface area contributed by atoms with Crippen LogP contribution in [0.1, 0.15) is 41.5 Å². The van der Waals surface area contributed by atoms with Gasteiger partial charge in [0.05, 0.1) is 22.8 Å². The Hall–Kier alpha value is -3.65. The molecule has 0 radical (unpaired) electrons. The number of carbonyl (C=O) groups is 1. The number of imidazole rings is 1. The second-order valence-electron chi connectivity index (χ2n) is 7.32. The van der Waals surface area contributed by atoms with E-state index in [1.54, 1.807) is 24.4 Å². The zero-order valence-electron chi connectivity index (χ0n) is 17.5. The molecule has 0 fully saturated rings. The van der Waals surface area contributed by atoms with Crippen molar-refractivity contribution >= 4 is 15.7 Å². The van der Waals surface area contributed by atoms with Crippen molar-refractivity contribution in [1.82, 2.24) is 15.3 Å². The molecule has 4 aromatic rings. The summed E-state index contributed by atoms with van der Waals surface area (Å²) in [6, 6.07) is 20.6. The van der Waals surface area contributed by atoms with Gasteiger partial charge in [0.25, 0.3) is 5.91 Å². The Bertz CT molecular complexity index is 1300. The number of hydrogen-bond acceptors (Lipinski definition) is 5. The van der Waals surface area contributed by atoms with Crippen LogP contribution < -0.4 is 5.32 Å². The Balaban J connectivity index is 1.45. The largest absolute Gasteiger partial charge is 0.455 e. The van der Waals surface area contributed by atoms with E-state index in [2.05, 4.69) is 15.3 Å². The lowest BCUT2D eigenvalue weighted by molar-refractivity contribution is 0.0904. The highest BCUT2D eigenvalue weighted by Gasteiger charge is 2.22. The Morgan fingerprint density at radius 1 is 1.03 bits per heavy atom. The summed E-state index contributed by atoms with van der Waals surface area (Å²) in [7, 11) is -3.56. The molecule has 2 aromatic carbocycles. The number of rotatable bonds is 8. The second kappa shape index (κ2) is 9.23. The van der Waals surface area contributed by atoms with Crippen LogP contribution in [-0.2, 0) is 15.6 Å². The molecule has 1 atom stereocenters. The summed E-state index contributed by atoms with van der Waals surface area (Å²) in [4.78, 5) is 20.6. The number of benzene rings is 2. The molecule has 2 N–H and O–H groups in total. The summed E-state index contributed by atoms with van der Waals surface area (Å²) in [5, 5.41) is 2.90. The van der Waals surface area contributed by atoms with Crippen molar-refractivity contribution in [2.75, 3.05) is 0 Å². The zero-order chi connectivity index (χ0) is 22.6. The van der Waals surface area contributed by atoms with Crippen LogP contribution in [-0.4, -0.2) is 24.3 Å². The second-order valence-corrected chi connectivity index (χ2v) is 9.31. The summed E-state index contributed by atoms with van der Waals surface area (Å²) in [5.74, 6) is 0.143. The first-order valence-corrected chi connectivity index (χ1v) is 11.9. The van der Waals surface area contributed by atoms with Gasteiger partial charge >= 0.3 is 0 Å². The number of H-pyrrole nitrogens is 1. The van der Waals surface area contributed by atoms with Gasteiger partial charge in [0, 0.05) is 0 Å². The molecule has 0 bridgehead atoms. The number of hydrogen-bond donors (Lipinski definition) is 2. The maximum Gasteiger partial charge on any atom is 0.287 e. The molecule has 7 nitrogen and oxygen atoms in total. The van der Waals surface area contributed by atoms with Gasteiger partial charge in [-0.2, -0.15) is 0 Å². The molecule has 0 saturated carbocycles. The fourth-order valence-corrected chi connectivity index (χ4v) is 4.62. The Kier molecular flexibility index (Phi) is 6.23. The van der Waals surface area contributed by atoms with E-state index in [1.165, 1.54) is 24.3 Å². The predicted molar refractivity (Wildman–Crippen MR) is 121 cm³/mol. The first-order valence-electron chi connectivity index (χ1n) is 10.2. The summed E-state index contributed by atoms with van der Waals surface area (Å²) in [6.07, 6.45) is 2.35. The van der Waals surface area contributed by atoms with Crippen LogP contribution >= 0.6 is 0 Å². The Labute approximate surface area is 186 Å². The maximum atomic E-state index is 12.7. The highest BCUT2D eigenvalue weighted by molar-refractivity contribution is 7.90. The molecule has 0 saturated heterocycles. The van der Waals surface area contributed by atoms with Gasteiger partial charge in [-0.25, -0.2) is 13.4 Å². The average molecular weight is 450 g/mol. The van der Waals surface area contributed by atoms with Crippen LogP contribution in [0.15, 0.2) is 88.3 Å². The minimum Gasteiger partial charge on any atom is -0.455 e. The molecular formula is C24H23N3O4S. The van der Waals surface area contributed by atoms with Crippen molar-refractivity contribution in [3.63, 3.8) is 0 Å². The van der Waals surface area contributed by atoms with E-state index in [9.17, 15) is 13.2 Å². The maximum absolute atomic E-state index is 12.7. The highest BCUT2D eigenvalue weighted by atomic mass is 32.2. The molecule has 1 amide bonds. The fraction of sp³-hybridized carbons (Fsp3) is 0.167. The van der Waals surface area contributed by atoms with Crippen molar-refractivity contribution < 1.29 is 17.6 Å². The number of furan rings is 1. The molecule has 0 aliphatic carbocycles. The van der Waals surface area contributed by atoms with E-state index in [0.717, 1.165) is 11.3 Å². The van der Waals surface area contributed by atoms with Gasteiger partial charge < -0.3 is 14.7 Å². The number of nitrogens with zero attached hydrogens (tertiary/aromatic N) is 1. The summed E-state index contributed by atoms with van der Waals surface area (Å²) >= 11 is 0. The van der Waals surface area contributed by atoms with Gasteiger partial charge in [-0.05, 0) is 36.2 Å². The van der Waals surface area contributed by atoms with Crippen LogP contribution in [0.5, 0.6) is 0 Å². The molecule has 1 unspecified atom stereocenters. The molecular weight excluding hydrogens is 426 g/mol.